The average molecular weight is 295 g/mol. The Labute approximate surface area is 131 Å². The lowest BCUT2D eigenvalue weighted by molar-refractivity contribution is 0.102. The van der Waals surface area contributed by atoms with Gasteiger partial charge in [-0.25, -0.2) is 0 Å². The molecule has 2 rings (SSSR count). The molecule has 0 atom stereocenters. The summed E-state index contributed by atoms with van der Waals surface area (Å²) in [7, 11) is 1.62. The molecule has 0 aliphatic heterocycles. The summed E-state index contributed by atoms with van der Waals surface area (Å²) in [6.45, 7) is 7.76. The molecule has 2 aromatic rings. The lowest BCUT2D eigenvalue weighted by Crippen LogP contribution is -2.12. The Bertz CT molecular complexity index is 684. The first-order valence-corrected chi connectivity index (χ1v) is 7.21. The van der Waals surface area contributed by atoms with E-state index in [1.807, 2.05) is 38.1 Å². The largest absolute Gasteiger partial charge is 0.496 e. The van der Waals surface area contributed by atoms with Gasteiger partial charge in [-0.1, -0.05) is 12.1 Å². The van der Waals surface area contributed by atoms with Gasteiger partial charge in [-0.2, -0.15) is 0 Å². The number of carbonyl (C=O) groups is 1. The molecule has 1 N–H and O–H groups in total. The summed E-state index contributed by atoms with van der Waals surface area (Å²) in [5.74, 6) is 0.640. The first kappa shape index (κ1) is 15.8. The van der Waals surface area contributed by atoms with E-state index in [1.54, 1.807) is 19.3 Å². The van der Waals surface area contributed by atoms with E-state index in [9.17, 15) is 4.79 Å². The van der Waals surface area contributed by atoms with Crippen molar-refractivity contribution < 1.29 is 9.53 Å². The van der Waals surface area contributed by atoms with Crippen LogP contribution in [0.3, 0.4) is 0 Å². The molecule has 0 aliphatic rings. The third-order valence-corrected chi connectivity index (χ3v) is 3.39. The number of rotatable bonds is 5. The molecular formula is C19H21NO2. The fraction of sp³-hybridized carbons (Fsp3) is 0.211. The molecule has 3 nitrogen and oxygen atoms in total. The van der Waals surface area contributed by atoms with Crippen molar-refractivity contribution in [1.82, 2.24) is 0 Å². The summed E-state index contributed by atoms with van der Waals surface area (Å²) >= 11 is 0. The fourth-order valence-corrected chi connectivity index (χ4v) is 2.48. The van der Waals surface area contributed by atoms with E-state index in [0.29, 0.717) is 12.0 Å². The molecule has 0 heterocycles. The van der Waals surface area contributed by atoms with Gasteiger partial charge in [0, 0.05) is 11.3 Å². The topological polar surface area (TPSA) is 38.3 Å². The molecule has 0 unspecified atom stereocenters. The summed E-state index contributed by atoms with van der Waals surface area (Å²) < 4.78 is 5.30. The van der Waals surface area contributed by atoms with Gasteiger partial charge in [0.1, 0.15) is 5.75 Å². The normalized spacial score (nSPS) is 10.1. The van der Waals surface area contributed by atoms with Crippen LogP contribution in [0.15, 0.2) is 49.1 Å². The van der Waals surface area contributed by atoms with E-state index in [0.717, 1.165) is 28.1 Å². The lowest BCUT2D eigenvalue weighted by atomic mass is 10.1. The molecule has 0 fully saturated rings. The average Bonchev–Trinajstić information content (AvgIpc) is 2.46. The number of aryl methyl sites for hydroxylation is 2. The Hall–Kier alpha value is -2.55. The highest BCUT2D eigenvalue weighted by Gasteiger charge is 2.10. The zero-order valence-corrected chi connectivity index (χ0v) is 13.3. The Kier molecular flexibility index (Phi) is 4.99. The first-order chi connectivity index (χ1) is 10.5. The molecule has 2 aromatic carbocycles. The van der Waals surface area contributed by atoms with Crippen LogP contribution in [-0.2, 0) is 6.42 Å². The van der Waals surface area contributed by atoms with Crippen molar-refractivity contribution in [3.63, 3.8) is 0 Å². The Morgan fingerprint density at radius 2 is 1.86 bits per heavy atom. The van der Waals surface area contributed by atoms with Crippen LogP contribution in [0.5, 0.6) is 5.75 Å². The molecule has 0 saturated heterocycles. The number of allylic oxidation sites excluding steroid dienone is 1. The summed E-state index contributed by atoms with van der Waals surface area (Å²) in [5.41, 5.74) is 4.61. The predicted molar refractivity (Wildman–Crippen MR) is 90.8 cm³/mol. The third kappa shape index (κ3) is 3.76. The highest BCUT2D eigenvalue weighted by Crippen LogP contribution is 2.22. The minimum atomic E-state index is -0.127. The van der Waals surface area contributed by atoms with Crippen molar-refractivity contribution >= 4 is 11.6 Å². The zero-order valence-electron chi connectivity index (χ0n) is 13.3. The van der Waals surface area contributed by atoms with Gasteiger partial charge in [-0.3, -0.25) is 4.79 Å². The van der Waals surface area contributed by atoms with Gasteiger partial charge in [0.15, 0.2) is 0 Å². The maximum Gasteiger partial charge on any atom is 0.255 e. The van der Waals surface area contributed by atoms with Crippen LogP contribution in [0.1, 0.15) is 27.0 Å². The molecule has 22 heavy (non-hydrogen) atoms. The number of benzene rings is 2. The SMILES string of the molecule is C=CCc1cc(C(=O)Nc2cc(C)cc(C)c2)ccc1OC. The monoisotopic (exact) mass is 295 g/mol. The maximum atomic E-state index is 12.4. The summed E-state index contributed by atoms with van der Waals surface area (Å²) in [5, 5.41) is 2.94. The van der Waals surface area contributed by atoms with E-state index >= 15 is 0 Å². The van der Waals surface area contributed by atoms with Crippen LogP contribution in [0.2, 0.25) is 0 Å². The minimum absolute atomic E-state index is 0.127. The second-order valence-corrected chi connectivity index (χ2v) is 5.35. The van der Waals surface area contributed by atoms with Gasteiger partial charge in [-0.05, 0) is 67.3 Å². The Morgan fingerprint density at radius 3 is 2.45 bits per heavy atom. The van der Waals surface area contributed by atoms with Gasteiger partial charge in [0.2, 0.25) is 0 Å². The first-order valence-electron chi connectivity index (χ1n) is 7.21. The lowest BCUT2D eigenvalue weighted by Gasteiger charge is -2.11. The third-order valence-electron chi connectivity index (χ3n) is 3.39. The molecule has 0 aromatic heterocycles. The van der Waals surface area contributed by atoms with Crippen LogP contribution in [0, 0.1) is 13.8 Å². The quantitative estimate of drug-likeness (QED) is 0.835. The number of nitrogens with one attached hydrogen (secondary N) is 1. The van der Waals surface area contributed by atoms with E-state index in [-0.39, 0.29) is 5.91 Å². The molecule has 0 saturated carbocycles. The Morgan fingerprint density at radius 1 is 1.18 bits per heavy atom. The van der Waals surface area contributed by atoms with Gasteiger partial charge in [0.25, 0.3) is 5.91 Å². The van der Waals surface area contributed by atoms with Crippen molar-refractivity contribution in [1.29, 1.82) is 0 Å². The Balaban J connectivity index is 2.25. The summed E-state index contributed by atoms with van der Waals surface area (Å²) in [4.78, 5) is 12.4. The number of hydrogen-bond donors (Lipinski definition) is 1. The van der Waals surface area contributed by atoms with E-state index in [4.69, 9.17) is 4.74 Å². The number of carbonyl (C=O) groups excluding carboxylic acids is 1. The standard InChI is InChI=1S/C19H21NO2/c1-5-6-15-12-16(7-8-18(15)22-4)19(21)20-17-10-13(2)9-14(3)11-17/h5,7-12H,1,6H2,2-4H3,(H,20,21). The highest BCUT2D eigenvalue weighted by molar-refractivity contribution is 6.04. The number of methoxy groups -OCH3 is 1. The van der Waals surface area contributed by atoms with Crippen molar-refractivity contribution in [2.24, 2.45) is 0 Å². The van der Waals surface area contributed by atoms with Gasteiger partial charge < -0.3 is 10.1 Å². The second-order valence-electron chi connectivity index (χ2n) is 5.35. The molecule has 0 bridgehead atoms. The van der Waals surface area contributed by atoms with Crippen LogP contribution < -0.4 is 10.1 Å². The van der Waals surface area contributed by atoms with Crippen LogP contribution in [0.25, 0.3) is 0 Å². The van der Waals surface area contributed by atoms with Crippen molar-refractivity contribution in [2.45, 2.75) is 20.3 Å². The van der Waals surface area contributed by atoms with Crippen molar-refractivity contribution in [3.8, 4) is 5.75 Å². The van der Waals surface area contributed by atoms with Crippen molar-refractivity contribution in [2.75, 3.05) is 12.4 Å². The fourth-order valence-electron chi connectivity index (χ4n) is 2.48. The number of hydrogen-bond acceptors (Lipinski definition) is 2. The molecule has 0 aliphatic carbocycles. The highest BCUT2D eigenvalue weighted by atomic mass is 16.5. The van der Waals surface area contributed by atoms with Gasteiger partial charge in [-0.15, -0.1) is 6.58 Å². The van der Waals surface area contributed by atoms with Crippen LogP contribution in [-0.4, -0.2) is 13.0 Å². The molecule has 3 heteroatoms. The van der Waals surface area contributed by atoms with E-state index in [2.05, 4.69) is 18.0 Å². The second kappa shape index (κ2) is 6.94. The maximum absolute atomic E-state index is 12.4. The van der Waals surface area contributed by atoms with Gasteiger partial charge in [0.05, 0.1) is 7.11 Å². The van der Waals surface area contributed by atoms with E-state index in [1.165, 1.54) is 0 Å². The number of ether oxygens (including phenoxy) is 1. The van der Waals surface area contributed by atoms with Crippen LogP contribution in [0.4, 0.5) is 5.69 Å². The number of amides is 1. The summed E-state index contributed by atoms with van der Waals surface area (Å²) in [6.07, 6.45) is 2.46. The van der Waals surface area contributed by atoms with Gasteiger partial charge >= 0.3 is 0 Å². The molecule has 0 radical (unpaired) electrons. The molecule has 1 amide bonds. The predicted octanol–water partition coefficient (Wildman–Crippen LogP) is 4.29. The van der Waals surface area contributed by atoms with Crippen molar-refractivity contribution in [3.05, 3.63) is 71.3 Å². The smallest absolute Gasteiger partial charge is 0.255 e. The summed E-state index contributed by atoms with van der Waals surface area (Å²) in [6, 6.07) is 11.4. The van der Waals surface area contributed by atoms with Crippen LogP contribution >= 0.6 is 0 Å². The minimum Gasteiger partial charge on any atom is -0.496 e. The number of anilines is 1. The van der Waals surface area contributed by atoms with E-state index < -0.39 is 0 Å². The molecule has 114 valence electrons. The zero-order chi connectivity index (χ0) is 16.1. The molecular weight excluding hydrogens is 274 g/mol. The molecule has 0 spiro atoms.